The van der Waals surface area contributed by atoms with Gasteiger partial charge in [0.25, 0.3) is 0 Å². The fourth-order valence-corrected chi connectivity index (χ4v) is 1.03. The lowest BCUT2D eigenvalue weighted by molar-refractivity contribution is 1.11. The summed E-state index contributed by atoms with van der Waals surface area (Å²) in [6.07, 6.45) is 2.95. The Morgan fingerprint density at radius 3 is 2.64 bits per heavy atom. The van der Waals surface area contributed by atoms with Gasteiger partial charge in [0.2, 0.25) is 0 Å². The number of rotatable bonds is 0. The van der Waals surface area contributed by atoms with Crippen LogP contribution in [0.25, 0.3) is 0 Å². The van der Waals surface area contributed by atoms with E-state index in [4.69, 9.17) is 0 Å². The van der Waals surface area contributed by atoms with Crippen molar-refractivity contribution in [1.82, 2.24) is 5.32 Å². The fourth-order valence-electron chi connectivity index (χ4n) is 1.03. The Morgan fingerprint density at radius 2 is 2.09 bits per heavy atom. The molecule has 0 radical (unpaired) electrons. The highest BCUT2D eigenvalue weighted by Gasteiger charge is 2.08. The van der Waals surface area contributed by atoms with Gasteiger partial charge in [0.15, 0.2) is 0 Å². The van der Waals surface area contributed by atoms with Gasteiger partial charge in [0, 0.05) is 20.5 Å². The SMILES string of the molecule is CN=C1C=C(C)CC(=NC)N1. The highest BCUT2D eigenvalue weighted by atomic mass is 15.0. The van der Waals surface area contributed by atoms with Crippen molar-refractivity contribution < 1.29 is 0 Å². The second kappa shape index (κ2) is 3.32. The third-order valence-corrected chi connectivity index (χ3v) is 1.61. The minimum absolute atomic E-state index is 0.898. The maximum absolute atomic E-state index is 4.08. The zero-order chi connectivity index (χ0) is 8.27. The summed E-state index contributed by atoms with van der Waals surface area (Å²) in [5.41, 5.74) is 1.30. The molecule has 0 amide bonds. The van der Waals surface area contributed by atoms with Crippen molar-refractivity contribution in [3.05, 3.63) is 11.6 Å². The zero-order valence-electron chi connectivity index (χ0n) is 7.18. The molecule has 0 spiro atoms. The maximum Gasteiger partial charge on any atom is 0.125 e. The van der Waals surface area contributed by atoms with Gasteiger partial charge in [-0.1, -0.05) is 5.57 Å². The Labute approximate surface area is 66.9 Å². The topological polar surface area (TPSA) is 36.8 Å². The van der Waals surface area contributed by atoms with Gasteiger partial charge >= 0.3 is 0 Å². The minimum Gasteiger partial charge on any atom is -0.329 e. The highest BCUT2D eigenvalue weighted by molar-refractivity contribution is 6.09. The molecule has 0 unspecified atom stereocenters. The molecule has 3 nitrogen and oxygen atoms in total. The van der Waals surface area contributed by atoms with Crippen LogP contribution in [0.4, 0.5) is 0 Å². The Balaban J connectivity index is 2.85. The molecule has 1 aliphatic heterocycles. The molecule has 0 fully saturated rings. The summed E-state index contributed by atoms with van der Waals surface area (Å²) < 4.78 is 0. The molecule has 0 aromatic heterocycles. The van der Waals surface area contributed by atoms with Crippen LogP contribution >= 0.6 is 0 Å². The number of amidine groups is 2. The predicted octanol–water partition coefficient (Wildman–Crippen LogP) is 0.983. The third kappa shape index (κ3) is 1.90. The smallest absolute Gasteiger partial charge is 0.125 e. The molecule has 1 heterocycles. The second-order valence-electron chi connectivity index (χ2n) is 2.57. The molecule has 0 aromatic rings. The van der Waals surface area contributed by atoms with E-state index in [2.05, 4.69) is 22.2 Å². The molecular formula is C8H13N3. The molecule has 0 aliphatic carbocycles. The van der Waals surface area contributed by atoms with Gasteiger partial charge in [-0.2, -0.15) is 0 Å². The average molecular weight is 151 g/mol. The van der Waals surface area contributed by atoms with Crippen LogP contribution in [0.1, 0.15) is 13.3 Å². The van der Waals surface area contributed by atoms with Crippen molar-refractivity contribution in [3.63, 3.8) is 0 Å². The van der Waals surface area contributed by atoms with E-state index in [0.29, 0.717) is 0 Å². The Kier molecular flexibility index (Phi) is 2.41. The summed E-state index contributed by atoms with van der Waals surface area (Å²) in [7, 11) is 3.55. The standard InChI is InChI=1S/C8H13N3/c1-6-4-7(9-2)11-8(5-6)10-3/h4H,5H2,1-3H3,(H,9,10,11). The van der Waals surface area contributed by atoms with E-state index >= 15 is 0 Å². The van der Waals surface area contributed by atoms with Crippen molar-refractivity contribution >= 4 is 11.7 Å². The largest absolute Gasteiger partial charge is 0.329 e. The zero-order valence-corrected chi connectivity index (χ0v) is 7.18. The Hall–Kier alpha value is -1.12. The average Bonchev–Trinajstić information content (AvgIpc) is 2.03. The Bertz CT molecular complexity index is 236. The lowest BCUT2D eigenvalue weighted by Crippen LogP contribution is -2.33. The summed E-state index contributed by atoms with van der Waals surface area (Å²) in [5, 5.41) is 3.11. The van der Waals surface area contributed by atoms with E-state index in [-0.39, 0.29) is 0 Å². The van der Waals surface area contributed by atoms with Crippen molar-refractivity contribution in [3.8, 4) is 0 Å². The molecule has 0 saturated carbocycles. The summed E-state index contributed by atoms with van der Waals surface area (Å²) in [5.74, 6) is 1.89. The van der Waals surface area contributed by atoms with Crippen molar-refractivity contribution in [1.29, 1.82) is 0 Å². The lowest BCUT2D eigenvalue weighted by Gasteiger charge is -2.15. The van der Waals surface area contributed by atoms with E-state index in [1.165, 1.54) is 5.57 Å². The molecule has 60 valence electrons. The molecule has 0 aromatic carbocycles. The maximum atomic E-state index is 4.08. The Morgan fingerprint density at radius 1 is 1.36 bits per heavy atom. The van der Waals surface area contributed by atoms with E-state index in [1.54, 1.807) is 14.1 Å². The van der Waals surface area contributed by atoms with Crippen LogP contribution in [0.5, 0.6) is 0 Å². The molecule has 1 rings (SSSR count). The van der Waals surface area contributed by atoms with Gasteiger partial charge in [-0.25, -0.2) is 0 Å². The second-order valence-corrected chi connectivity index (χ2v) is 2.57. The van der Waals surface area contributed by atoms with Crippen LogP contribution in [-0.4, -0.2) is 25.8 Å². The van der Waals surface area contributed by atoms with Gasteiger partial charge in [-0.15, -0.1) is 0 Å². The van der Waals surface area contributed by atoms with Gasteiger partial charge in [0.1, 0.15) is 11.7 Å². The number of nitrogens with one attached hydrogen (secondary N) is 1. The third-order valence-electron chi connectivity index (χ3n) is 1.61. The summed E-state index contributed by atoms with van der Waals surface area (Å²) in [4.78, 5) is 8.12. The minimum atomic E-state index is 0.898. The lowest BCUT2D eigenvalue weighted by atomic mass is 10.1. The quantitative estimate of drug-likeness (QED) is 0.550. The van der Waals surface area contributed by atoms with E-state index in [0.717, 1.165) is 18.1 Å². The van der Waals surface area contributed by atoms with Gasteiger partial charge in [-0.3, -0.25) is 9.98 Å². The molecule has 3 heteroatoms. The van der Waals surface area contributed by atoms with E-state index < -0.39 is 0 Å². The van der Waals surface area contributed by atoms with Crippen LogP contribution in [0.15, 0.2) is 21.6 Å². The first-order valence-electron chi connectivity index (χ1n) is 3.63. The summed E-state index contributed by atoms with van der Waals surface area (Å²) in [6.45, 7) is 2.08. The molecule has 0 atom stereocenters. The van der Waals surface area contributed by atoms with Gasteiger partial charge in [-0.05, 0) is 13.0 Å². The number of hydrogen-bond donors (Lipinski definition) is 1. The first kappa shape index (κ1) is 7.98. The number of aliphatic imine (C=N–C) groups is 2. The summed E-state index contributed by atoms with van der Waals surface area (Å²) in [6, 6.07) is 0. The first-order chi connectivity index (χ1) is 5.26. The molecular weight excluding hydrogens is 138 g/mol. The van der Waals surface area contributed by atoms with Crippen LogP contribution in [0.2, 0.25) is 0 Å². The molecule has 1 N–H and O–H groups in total. The van der Waals surface area contributed by atoms with Gasteiger partial charge < -0.3 is 5.32 Å². The first-order valence-corrected chi connectivity index (χ1v) is 3.63. The van der Waals surface area contributed by atoms with Crippen molar-refractivity contribution in [2.75, 3.05) is 14.1 Å². The van der Waals surface area contributed by atoms with Crippen LogP contribution in [-0.2, 0) is 0 Å². The van der Waals surface area contributed by atoms with Crippen LogP contribution in [0.3, 0.4) is 0 Å². The van der Waals surface area contributed by atoms with Crippen molar-refractivity contribution in [2.24, 2.45) is 9.98 Å². The molecule has 1 aliphatic rings. The van der Waals surface area contributed by atoms with Crippen LogP contribution < -0.4 is 5.32 Å². The molecule has 0 saturated heterocycles. The van der Waals surface area contributed by atoms with Crippen LogP contribution in [0, 0.1) is 0 Å². The van der Waals surface area contributed by atoms with E-state index in [9.17, 15) is 0 Å². The van der Waals surface area contributed by atoms with Gasteiger partial charge in [0.05, 0.1) is 0 Å². The predicted molar refractivity (Wildman–Crippen MR) is 48.2 cm³/mol. The summed E-state index contributed by atoms with van der Waals surface area (Å²) >= 11 is 0. The highest BCUT2D eigenvalue weighted by Crippen LogP contribution is 2.05. The molecule has 11 heavy (non-hydrogen) atoms. The van der Waals surface area contributed by atoms with E-state index in [1.807, 2.05) is 6.08 Å². The molecule has 0 bridgehead atoms. The van der Waals surface area contributed by atoms with Crippen molar-refractivity contribution in [2.45, 2.75) is 13.3 Å². The number of nitrogens with zero attached hydrogens (tertiary/aromatic N) is 2. The normalized spacial score (nSPS) is 25.2. The number of hydrogen-bond acceptors (Lipinski definition) is 2. The fraction of sp³-hybridized carbons (Fsp3) is 0.500. The monoisotopic (exact) mass is 151 g/mol.